The Morgan fingerprint density at radius 3 is 1.97 bits per heavy atom. The first kappa shape index (κ1) is 30.7. The highest BCUT2D eigenvalue weighted by molar-refractivity contribution is 7.80. The number of phenols is 1. The molecule has 0 saturated carbocycles. The van der Waals surface area contributed by atoms with Gasteiger partial charge in [0.2, 0.25) is 23.6 Å². The van der Waals surface area contributed by atoms with E-state index in [9.17, 15) is 34.2 Å². The normalized spacial score (nSPS) is 14.1. The van der Waals surface area contributed by atoms with Gasteiger partial charge in [-0.15, -0.1) is 0 Å². The number of thiol groups is 1. The first-order valence-corrected chi connectivity index (χ1v) is 11.9. The molecule has 1 rings (SSSR count). The van der Waals surface area contributed by atoms with E-state index in [4.69, 9.17) is 17.2 Å². The number of primary amides is 1. The molecular weight excluding hydrogens is 492 g/mol. The largest absolute Gasteiger partial charge is 0.508 e. The van der Waals surface area contributed by atoms with Crippen LogP contribution in [-0.4, -0.2) is 76.3 Å². The summed E-state index contributed by atoms with van der Waals surface area (Å²) in [5, 5.41) is 25.7. The molecule has 11 N–H and O–H groups in total. The Bertz CT molecular complexity index is 915. The number of nitrogens with one attached hydrogen (secondary N) is 3. The molecule has 1 aromatic carbocycles. The molecule has 13 nitrogen and oxygen atoms in total. The average Bonchev–Trinajstić information content (AvgIpc) is 2.82. The van der Waals surface area contributed by atoms with E-state index in [1.165, 1.54) is 12.1 Å². The molecule has 4 unspecified atom stereocenters. The summed E-state index contributed by atoms with van der Waals surface area (Å²) in [4.78, 5) is 60.9. The number of benzene rings is 1. The van der Waals surface area contributed by atoms with Crippen LogP contribution in [0.4, 0.5) is 0 Å². The lowest BCUT2D eigenvalue weighted by Crippen LogP contribution is -2.58. The van der Waals surface area contributed by atoms with Gasteiger partial charge in [0.05, 0.1) is 12.5 Å². The third kappa shape index (κ3) is 10.9. The van der Waals surface area contributed by atoms with E-state index in [0.29, 0.717) is 24.9 Å². The second kappa shape index (κ2) is 15.6. The van der Waals surface area contributed by atoms with Gasteiger partial charge in [0.25, 0.3) is 0 Å². The standard InChI is InChI=1S/C22H34N6O7S/c23-8-2-1-3-15(22(34)35)26-20(32)16(10-18(25)30)27-21(33)17(11-36)28-19(31)14(24)9-12-4-6-13(29)7-5-12/h4-7,14-17,29,36H,1-3,8-11,23-24H2,(H2,25,30)(H,26,32)(H,27,33)(H,28,31)(H,34,35). The lowest BCUT2D eigenvalue weighted by molar-refractivity contribution is -0.142. The monoisotopic (exact) mass is 526 g/mol. The zero-order valence-electron chi connectivity index (χ0n) is 19.7. The van der Waals surface area contributed by atoms with E-state index >= 15 is 0 Å². The van der Waals surface area contributed by atoms with Crippen LogP contribution >= 0.6 is 12.6 Å². The number of aliphatic carboxylic acids is 1. The maximum absolute atomic E-state index is 12.7. The molecule has 0 fully saturated rings. The summed E-state index contributed by atoms with van der Waals surface area (Å²) < 4.78 is 0. The molecule has 0 bridgehead atoms. The number of rotatable bonds is 16. The SMILES string of the molecule is NCCCCC(NC(=O)C(CC(N)=O)NC(=O)C(CS)NC(=O)C(N)Cc1ccc(O)cc1)C(=O)O. The van der Waals surface area contributed by atoms with Gasteiger partial charge >= 0.3 is 5.97 Å². The minimum atomic E-state index is -1.48. The van der Waals surface area contributed by atoms with Gasteiger partial charge in [0.1, 0.15) is 23.9 Å². The number of phenolic OH excluding ortho intramolecular Hbond substituents is 1. The van der Waals surface area contributed by atoms with Crippen molar-refractivity contribution in [2.24, 2.45) is 17.2 Å². The summed E-state index contributed by atoms with van der Waals surface area (Å²) in [6.07, 6.45) is 0.628. The molecule has 0 spiro atoms. The lowest BCUT2D eigenvalue weighted by atomic mass is 10.1. The number of amides is 4. The van der Waals surface area contributed by atoms with Crippen molar-refractivity contribution in [1.29, 1.82) is 0 Å². The Kier molecular flexibility index (Phi) is 13.3. The fourth-order valence-corrected chi connectivity index (χ4v) is 3.41. The quantitative estimate of drug-likeness (QED) is 0.0832. The van der Waals surface area contributed by atoms with Crippen molar-refractivity contribution < 1.29 is 34.2 Å². The molecule has 0 saturated heterocycles. The highest BCUT2D eigenvalue weighted by Crippen LogP contribution is 2.11. The average molecular weight is 527 g/mol. The summed E-state index contributed by atoms with van der Waals surface area (Å²) in [5.74, 6) is -4.73. The Hall–Kier alpha value is -3.36. The Labute approximate surface area is 213 Å². The molecule has 0 aromatic heterocycles. The third-order valence-corrected chi connectivity index (χ3v) is 5.51. The number of carboxylic acids is 1. The topological polar surface area (TPSA) is 240 Å². The van der Waals surface area contributed by atoms with Crippen LogP contribution < -0.4 is 33.2 Å². The number of carbonyl (C=O) groups is 5. The highest BCUT2D eigenvalue weighted by Gasteiger charge is 2.30. The van der Waals surface area contributed by atoms with Crippen molar-refractivity contribution in [3.05, 3.63) is 29.8 Å². The first-order chi connectivity index (χ1) is 17.0. The van der Waals surface area contributed by atoms with Crippen LogP contribution in [-0.2, 0) is 30.4 Å². The van der Waals surface area contributed by atoms with Crippen LogP contribution in [0.25, 0.3) is 0 Å². The minimum Gasteiger partial charge on any atom is -0.508 e. The molecule has 1 aromatic rings. The summed E-state index contributed by atoms with van der Waals surface area (Å²) in [7, 11) is 0. The molecule has 4 atom stereocenters. The number of nitrogens with two attached hydrogens (primary N) is 3. The number of hydrogen-bond donors (Lipinski definition) is 9. The summed E-state index contributed by atoms with van der Waals surface area (Å²) in [6, 6.07) is 1.11. The van der Waals surface area contributed by atoms with Crippen LogP contribution in [0.15, 0.2) is 24.3 Å². The first-order valence-electron chi connectivity index (χ1n) is 11.2. The molecule has 0 aliphatic heterocycles. The van der Waals surface area contributed by atoms with Gasteiger partial charge in [-0.2, -0.15) is 12.6 Å². The van der Waals surface area contributed by atoms with Gasteiger partial charge in [0.15, 0.2) is 0 Å². The lowest BCUT2D eigenvalue weighted by Gasteiger charge is -2.24. The van der Waals surface area contributed by atoms with E-state index in [0.717, 1.165) is 0 Å². The predicted molar refractivity (Wildman–Crippen MR) is 134 cm³/mol. The molecule has 200 valence electrons. The molecule has 0 aliphatic rings. The Morgan fingerprint density at radius 1 is 0.889 bits per heavy atom. The second-order valence-electron chi connectivity index (χ2n) is 8.14. The van der Waals surface area contributed by atoms with Crippen LogP contribution in [0, 0.1) is 0 Å². The van der Waals surface area contributed by atoms with Crippen LogP contribution in [0.1, 0.15) is 31.2 Å². The van der Waals surface area contributed by atoms with Gasteiger partial charge in [-0.25, -0.2) is 4.79 Å². The number of hydrogen-bond acceptors (Lipinski definition) is 9. The zero-order chi connectivity index (χ0) is 27.3. The number of carboxylic acid groups (broad SMARTS) is 1. The maximum Gasteiger partial charge on any atom is 0.326 e. The van der Waals surface area contributed by atoms with Crippen LogP contribution in [0.3, 0.4) is 0 Å². The predicted octanol–water partition coefficient (Wildman–Crippen LogP) is -2.26. The van der Waals surface area contributed by atoms with E-state index in [2.05, 4.69) is 28.6 Å². The van der Waals surface area contributed by atoms with E-state index in [1.807, 2.05) is 0 Å². The molecule has 0 heterocycles. The van der Waals surface area contributed by atoms with Crippen LogP contribution in [0.5, 0.6) is 5.75 Å². The number of unbranched alkanes of at least 4 members (excludes halogenated alkanes) is 1. The fourth-order valence-electron chi connectivity index (χ4n) is 3.16. The molecule has 0 radical (unpaired) electrons. The second-order valence-corrected chi connectivity index (χ2v) is 8.50. The van der Waals surface area contributed by atoms with Gasteiger partial charge in [-0.3, -0.25) is 19.2 Å². The van der Waals surface area contributed by atoms with Crippen molar-refractivity contribution >= 4 is 42.2 Å². The van der Waals surface area contributed by atoms with Crippen molar-refractivity contribution in [1.82, 2.24) is 16.0 Å². The van der Waals surface area contributed by atoms with E-state index in [-0.39, 0.29) is 24.3 Å². The summed E-state index contributed by atoms with van der Waals surface area (Å²) >= 11 is 4.06. The van der Waals surface area contributed by atoms with Crippen molar-refractivity contribution in [2.45, 2.75) is 56.3 Å². The maximum atomic E-state index is 12.7. The third-order valence-electron chi connectivity index (χ3n) is 5.14. The van der Waals surface area contributed by atoms with Crippen LogP contribution in [0.2, 0.25) is 0 Å². The Balaban J connectivity index is 2.82. The van der Waals surface area contributed by atoms with E-state index < -0.39 is 60.2 Å². The summed E-state index contributed by atoms with van der Waals surface area (Å²) in [5.41, 5.74) is 17.2. The van der Waals surface area contributed by atoms with Gasteiger partial charge in [-0.05, 0) is 49.9 Å². The van der Waals surface area contributed by atoms with Crippen molar-refractivity contribution in [3.8, 4) is 5.75 Å². The van der Waals surface area contributed by atoms with Crippen molar-refractivity contribution in [2.75, 3.05) is 12.3 Å². The molecule has 36 heavy (non-hydrogen) atoms. The molecular formula is C22H34N6O7S. The van der Waals surface area contributed by atoms with E-state index in [1.54, 1.807) is 12.1 Å². The fraction of sp³-hybridized carbons (Fsp3) is 0.500. The number of aromatic hydroxyl groups is 1. The zero-order valence-corrected chi connectivity index (χ0v) is 20.6. The molecule has 4 amide bonds. The highest BCUT2D eigenvalue weighted by atomic mass is 32.1. The smallest absolute Gasteiger partial charge is 0.326 e. The summed E-state index contributed by atoms with van der Waals surface area (Å²) in [6.45, 7) is 0.357. The van der Waals surface area contributed by atoms with Gasteiger partial charge in [-0.1, -0.05) is 12.1 Å². The molecule has 14 heteroatoms. The number of carbonyl (C=O) groups excluding carboxylic acids is 4. The molecule has 0 aliphatic carbocycles. The van der Waals surface area contributed by atoms with Gasteiger partial charge in [0, 0.05) is 5.75 Å². The van der Waals surface area contributed by atoms with Gasteiger partial charge < -0.3 is 43.4 Å². The Morgan fingerprint density at radius 2 is 1.44 bits per heavy atom. The minimum absolute atomic E-state index is 0.0587. The van der Waals surface area contributed by atoms with Crippen molar-refractivity contribution in [3.63, 3.8) is 0 Å².